The number of urea groups is 1. The van der Waals surface area contributed by atoms with E-state index in [-0.39, 0.29) is 6.03 Å². The second-order valence-electron chi connectivity index (χ2n) is 4.55. The van der Waals surface area contributed by atoms with Crippen LogP contribution in [0.5, 0.6) is 0 Å². The highest BCUT2D eigenvalue weighted by Gasteiger charge is 2.44. The molecule has 17 heavy (non-hydrogen) atoms. The summed E-state index contributed by atoms with van der Waals surface area (Å²) in [5, 5.41) is 5.83. The number of hydrogen-bond acceptors (Lipinski definition) is 4. The number of methoxy groups -OCH3 is 1. The Hall–Kier alpha value is -1.30. The zero-order chi connectivity index (χ0) is 12.3. The van der Waals surface area contributed by atoms with E-state index < -0.39 is 11.6 Å². The molecule has 0 aliphatic carbocycles. The Morgan fingerprint density at radius 3 is 2.53 bits per heavy atom. The van der Waals surface area contributed by atoms with E-state index in [0.717, 1.165) is 38.9 Å². The third kappa shape index (κ3) is 2.36. The van der Waals surface area contributed by atoms with Crippen LogP contribution >= 0.6 is 0 Å². The molecule has 96 valence electrons. The molecule has 6 heteroatoms. The number of esters is 1. The van der Waals surface area contributed by atoms with Crippen molar-refractivity contribution in [3.63, 3.8) is 0 Å². The van der Waals surface area contributed by atoms with Gasteiger partial charge in [0.15, 0.2) is 5.66 Å². The van der Waals surface area contributed by atoms with E-state index in [2.05, 4.69) is 10.6 Å². The molecular formula is C11H19N3O3. The Bertz CT molecular complexity index is 307. The molecule has 2 fully saturated rings. The quantitative estimate of drug-likeness (QED) is 0.670. The normalized spacial score (nSPS) is 28.2. The lowest BCUT2D eigenvalue weighted by molar-refractivity contribution is -0.149. The fourth-order valence-corrected chi connectivity index (χ4v) is 2.43. The van der Waals surface area contributed by atoms with Gasteiger partial charge in [0.05, 0.1) is 7.11 Å². The molecule has 2 rings (SSSR count). The van der Waals surface area contributed by atoms with Gasteiger partial charge in [0.1, 0.15) is 0 Å². The number of ether oxygens (including phenoxy) is 1. The van der Waals surface area contributed by atoms with Crippen LogP contribution in [-0.4, -0.2) is 49.3 Å². The van der Waals surface area contributed by atoms with Crippen LogP contribution in [0.3, 0.4) is 0 Å². The van der Waals surface area contributed by atoms with E-state index in [9.17, 15) is 9.59 Å². The zero-order valence-corrected chi connectivity index (χ0v) is 10.1. The van der Waals surface area contributed by atoms with E-state index >= 15 is 0 Å². The van der Waals surface area contributed by atoms with Crippen LogP contribution in [0.25, 0.3) is 0 Å². The third-order valence-electron chi connectivity index (χ3n) is 3.40. The van der Waals surface area contributed by atoms with Crippen LogP contribution < -0.4 is 10.6 Å². The Kier molecular flexibility index (Phi) is 3.51. The molecule has 0 saturated carbocycles. The number of nitrogens with zero attached hydrogens (tertiary/aromatic N) is 1. The molecule has 1 unspecified atom stereocenters. The van der Waals surface area contributed by atoms with Gasteiger partial charge in [-0.2, -0.15) is 0 Å². The topological polar surface area (TPSA) is 70.7 Å². The van der Waals surface area contributed by atoms with E-state index in [4.69, 9.17) is 4.74 Å². The van der Waals surface area contributed by atoms with Gasteiger partial charge in [0.25, 0.3) is 0 Å². The van der Waals surface area contributed by atoms with Crippen LogP contribution in [-0.2, 0) is 9.53 Å². The van der Waals surface area contributed by atoms with E-state index in [1.165, 1.54) is 7.11 Å². The average Bonchev–Trinajstić information content (AvgIpc) is 2.99. The van der Waals surface area contributed by atoms with Gasteiger partial charge in [-0.1, -0.05) is 0 Å². The van der Waals surface area contributed by atoms with Crippen LogP contribution in [0.4, 0.5) is 4.79 Å². The summed E-state index contributed by atoms with van der Waals surface area (Å²) in [7, 11) is 1.34. The number of rotatable bonds is 2. The van der Waals surface area contributed by atoms with Gasteiger partial charge in [0.2, 0.25) is 0 Å². The number of nitrogens with one attached hydrogen (secondary N) is 2. The van der Waals surface area contributed by atoms with E-state index in [1.807, 2.05) is 0 Å². The molecule has 0 aromatic carbocycles. The Morgan fingerprint density at radius 2 is 2.00 bits per heavy atom. The highest BCUT2D eigenvalue weighted by molar-refractivity contribution is 5.87. The molecule has 0 bridgehead atoms. The molecule has 1 atom stereocenters. The monoisotopic (exact) mass is 241 g/mol. The summed E-state index contributed by atoms with van der Waals surface area (Å²) in [6.45, 7) is 2.25. The largest absolute Gasteiger partial charge is 0.466 e. The van der Waals surface area contributed by atoms with Gasteiger partial charge in [-0.3, -0.25) is 5.32 Å². The van der Waals surface area contributed by atoms with Crippen LogP contribution in [0.15, 0.2) is 0 Å². The van der Waals surface area contributed by atoms with Gasteiger partial charge in [-0.05, 0) is 32.2 Å². The lowest BCUT2D eigenvalue weighted by Gasteiger charge is -2.29. The third-order valence-corrected chi connectivity index (χ3v) is 3.40. The molecule has 0 spiro atoms. The lowest BCUT2D eigenvalue weighted by Crippen LogP contribution is -2.63. The van der Waals surface area contributed by atoms with Crippen molar-refractivity contribution in [1.29, 1.82) is 0 Å². The van der Waals surface area contributed by atoms with Crippen molar-refractivity contribution in [2.75, 3.05) is 26.7 Å². The minimum atomic E-state index is -1.02. The Morgan fingerprint density at radius 1 is 1.29 bits per heavy atom. The average molecular weight is 241 g/mol. The van der Waals surface area contributed by atoms with Crippen molar-refractivity contribution < 1.29 is 14.3 Å². The summed E-state index contributed by atoms with van der Waals surface area (Å²) in [5.41, 5.74) is -1.02. The molecule has 2 heterocycles. The predicted molar refractivity (Wildman–Crippen MR) is 61.3 cm³/mol. The second kappa shape index (κ2) is 4.91. The van der Waals surface area contributed by atoms with E-state index in [1.54, 1.807) is 4.90 Å². The van der Waals surface area contributed by atoms with Crippen LogP contribution in [0, 0.1) is 0 Å². The molecule has 0 aromatic heterocycles. The Balaban J connectivity index is 2.02. The lowest BCUT2D eigenvalue weighted by atomic mass is 10.1. The zero-order valence-electron chi connectivity index (χ0n) is 10.1. The summed E-state index contributed by atoms with van der Waals surface area (Å²) in [6, 6.07) is -0.178. The number of likely N-dealkylation sites (tertiary alicyclic amines) is 1. The maximum absolute atomic E-state index is 12.0. The smallest absolute Gasteiger partial charge is 0.346 e. The first kappa shape index (κ1) is 12.2. The molecular weight excluding hydrogens is 222 g/mol. The van der Waals surface area contributed by atoms with Crippen molar-refractivity contribution in [2.24, 2.45) is 0 Å². The highest BCUT2D eigenvalue weighted by Crippen LogP contribution is 2.19. The second-order valence-corrected chi connectivity index (χ2v) is 4.55. The molecule has 0 radical (unpaired) electrons. The van der Waals surface area contributed by atoms with Gasteiger partial charge in [0, 0.05) is 13.1 Å². The number of carbonyl (C=O) groups excluding carboxylic acids is 2. The minimum absolute atomic E-state index is 0.178. The maximum Gasteiger partial charge on any atom is 0.346 e. The van der Waals surface area contributed by atoms with Crippen molar-refractivity contribution >= 4 is 12.0 Å². The summed E-state index contributed by atoms with van der Waals surface area (Å²) < 4.78 is 4.77. The first-order valence-corrected chi connectivity index (χ1v) is 6.08. The van der Waals surface area contributed by atoms with Gasteiger partial charge in [-0.25, -0.2) is 9.59 Å². The fourth-order valence-electron chi connectivity index (χ4n) is 2.43. The van der Waals surface area contributed by atoms with Crippen molar-refractivity contribution in [1.82, 2.24) is 15.5 Å². The SMILES string of the molecule is COC(=O)C1(NC(=O)N2CCCC2)CCCN1. The molecule has 2 N–H and O–H groups in total. The highest BCUT2D eigenvalue weighted by atomic mass is 16.5. The molecule has 2 aliphatic rings. The Labute approximate surface area is 101 Å². The van der Waals surface area contributed by atoms with Crippen LogP contribution in [0.1, 0.15) is 25.7 Å². The summed E-state index contributed by atoms with van der Waals surface area (Å²) in [5.74, 6) is -0.414. The molecule has 2 aliphatic heterocycles. The summed E-state index contributed by atoms with van der Waals surface area (Å²) >= 11 is 0. The fraction of sp³-hybridized carbons (Fsp3) is 0.818. The number of hydrogen-bond donors (Lipinski definition) is 2. The maximum atomic E-state index is 12.0. The van der Waals surface area contributed by atoms with Crippen molar-refractivity contribution in [3.05, 3.63) is 0 Å². The van der Waals surface area contributed by atoms with Gasteiger partial charge >= 0.3 is 12.0 Å². The summed E-state index contributed by atoms with van der Waals surface area (Å²) in [6.07, 6.45) is 3.51. The first-order valence-electron chi connectivity index (χ1n) is 6.08. The standard InChI is InChI=1S/C11H19N3O3/c1-17-9(15)11(5-4-6-12-11)13-10(16)14-7-2-3-8-14/h12H,2-8H2,1H3,(H,13,16). The van der Waals surface area contributed by atoms with Gasteiger partial charge < -0.3 is 15.0 Å². The number of amides is 2. The molecule has 2 saturated heterocycles. The van der Waals surface area contributed by atoms with Crippen molar-refractivity contribution in [3.8, 4) is 0 Å². The first-order chi connectivity index (χ1) is 8.18. The van der Waals surface area contributed by atoms with Crippen LogP contribution in [0.2, 0.25) is 0 Å². The van der Waals surface area contributed by atoms with Crippen molar-refractivity contribution in [2.45, 2.75) is 31.3 Å². The summed E-state index contributed by atoms with van der Waals surface area (Å²) in [4.78, 5) is 25.5. The number of carbonyl (C=O) groups is 2. The molecule has 0 aromatic rings. The predicted octanol–water partition coefficient (Wildman–Crippen LogP) is 0.0445. The minimum Gasteiger partial charge on any atom is -0.466 e. The molecule has 6 nitrogen and oxygen atoms in total. The van der Waals surface area contributed by atoms with E-state index in [0.29, 0.717) is 6.42 Å². The van der Waals surface area contributed by atoms with Gasteiger partial charge in [-0.15, -0.1) is 0 Å². The molecule has 2 amide bonds.